The highest BCUT2D eigenvalue weighted by atomic mass is 16.7. The first-order chi connectivity index (χ1) is 17.5. The molecular weight excluding hydrogens is 472 g/mol. The van der Waals surface area contributed by atoms with E-state index in [4.69, 9.17) is 42.6 Å². The Kier molecular flexibility index (Phi) is 8.76. The van der Waals surface area contributed by atoms with E-state index in [9.17, 15) is 5.11 Å². The largest absolute Gasteiger partial charge is 0.496 e. The predicted octanol–water partition coefficient (Wildman–Crippen LogP) is 2.61. The van der Waals surface area contributed by atoms with Crippen LogP contribution in [0.25, 0.3) is 0 Å². The summed E-state index contributed by atoms with van der Waals surface area (Å²) in [6, 6.07) is 10.8. The number of benzene rings is 2. The number of ether oxygens (including phenoxy) is 9. The van der Waals surface area contributed by atoms with Gasteiger partial charge in [-0.3, -0.25) is 0 Å². The van der Waals surface area contributed by atoms with E-state index in [1.165, 1.54) is 14.2 Å². The Morgan fingerprint density at radius 1 is 0.889 bits per heavy atom. The zero-order chi connectivity index (χ0) is 25.5. The molecule has 0 aliphatic carbocycles. The van der Waals surface area contributed by atoms with Gasteiger partial charge in [-0.2, -0.15) is 0 Å². The maximum atomic E-state index is 11.6. The van der Waals surface area contributed by atoms with Crippen molar-refractivity contribution < 1.29 is 47.7 Å². The maximum Gasteiger partial charge on any atom is 0.232 e. The first kappa shape index (κ1) is 26.3. The van der Waals surface area contributed by atoms with E-state index in [-0.39, 0.29) is 13.2 Å². The number of methoxy groups -OCH3 is 4. The Bertz CT molecular complexity index is 976. The predicted molar refractivity (Wildman–Crippen MR) is 128 cm³/mol. The van der Waals surface area contributed by atoms with Crippen molar-refractivity contribution in [3.05, 3.63) is 42.0 Å². The van der Waals surface area contributed by atoms with Gasteiger partial charge in [-0.25, -0.2) is 0 Å². The molecule has 0 saturated carbocycles. The van der Waals surface area contributed by atoms with E-state index < -0.39 is 23.9 Å². The number of hydrogen-bond acceptors (Lipinski definition) is 10. The standard InChI is InChI=1S/C26H34O10/c1-28-10-11-32-12-13-33-17-8-9-20(29-2)18(14-17)23-19-15-34-25(26(19,27)16-35-23)36-24-21(30-3)6-5-7-22(24)31-4/h5-9,14,19,23,25,27H,10-13,15-16H2,1-4H3/t19-,23-,25-,26-/m1/s1. The molecule has 1 N–H and O–H groups in total. The summed E-state index contributed by atoms with van der Waals surface area (Å²) in [4.78, 5) is 0. The minimum absolute atomic E-state index is 0.0199. The molecule has 4 rings (SSSR count). The molecule has 0 amide bonds. The van der Waals surface area contributed by atoms with E-state index in [1.54, 1.807) is 32.4 Å². The van der Waals surface area contributed by atoms with Gasteiger partial charge < -0.3 is 47.7 Å². The van der Waals surface area contributed by atoms with Crippen LogP contribution in [-0.2, 0) is 18.9 Å². The van der Waals surface area contributed by atoms with Crippen LogP contribution in [0.1, 0.15) is 11.7 Å². The molecule has 0 unspecified atom stereocenters. The maximum absolute atomic E-state index is 11.6. The molecule has 2 aliphatic rings. The van der Waals surface area contributed by atoms with E-state index in [2.05, 4.69) is 0 Å². The van der Waals surface area contributed by atoms with Gasteiger partial charge in [0.15, 0.2) is 17.1 Å². The number of aliphatic hydroxyl groups is 1. The first-order valence-electron chi connectivity index (χ1n) is 11.8. The van der Waals surface area contributed by atoms with Gasteiger partial charge in [0, 0.05) is 12.7 Å². The van der Waals surface area contributed by atoms with E-state index >= 15 is 0 Å². The molecule has 2 heterocycles. The summed E-state index contributed by atoms with van der Waals surface area (Å²) < 4.78 is 50.8. The summed E-state index contributed by atoms with van der Waals surface area (Å²) >= 11 is 0. The quantitative estimate of drug-likeness (QED) is 0.408. The van der Waals surface area contributed by atoms with Crippen molar-refractivity contribution in [2.24, 2.45) is 5.92 Å². The monoisotopic (exact) mass is 506 g/mol. The van der Waals surface area contributed by atoms with Gasteiger partial charge in [0.2, 0.25) is 12.0 Å². The summed E-state index contributed by atoms with van der Waals surface area (Å²) in [5, 5.41) is 11.6. The molecule has 0 aromatic heterocycles. The summed E-state index contributed by atoms with van der Waals surface area (Å²) in [6.07, 6.45) is -1.47. The molecule has 2 aromatic rings. The van der Waals surface area contributed by atoms with Crippen molar-refractivity contribution >= 4 is 0 Å². The van der Waals surface area contributed by atoms with Gasteiger partial charge in [-0.05, 0) is 30.3 Å². The van der Waals surface area contributed by atoms with Crippen molar-refractivity contribution in [3.8, 4) is 28.7 Å². The fourth-order valence-corrected chi connectivity index (χ4v) is 4.49. The van der Waals surface area contributed by atoms with Gasteiger partial charge in [0.25, 0.3) is 0 Å². The van der Waals surface area contributed by atoms with Crippen LogP contribution in [0.3, 0.4) is 0 Å². The smallest absolute Gasteiger partial charge is 0.232 e. The lowest BCUT2D eigenvalue weighted by Gasteiger charge is -2.28. The van der Waals surface area contributed by atoms with Crippen LogP contribution in [-0.4, -0.2) is 85.1 Å². The lowest BCUT2D eigenvalue weighted by atomic mass is 9.85. The van der Waals surface area contributed by atoms with Crippen LogP contribution in [0.4, 0.5) is 0 Å². The van der Waals surface area contributed by atoms with Gasteiger partial charge in [-0.1, -0.05) is 6.07 Å². The number of para-hydroxylation sites is 1. The van der Waals surface area contributed by atoms with Crippen LogP contribution in [0.2, 0.25) is 0 Å². The highest BCUT2D eigenvalue weighted by Gasteiger charge is 2.61. The Hall–Kier alpha value is -2.76. The lowest BCUT2D eigenvalue weighted by Crippen LogP contribution is -2.47. The van der Waals surface area contributed by atoms with Crippen LogP contribution in [0.15, 0.2) is 36.4 Å². The second-order valence-electron chi connectivity index (χ2n) is 8.46. The van der Waals surface area contributed by atoms with Crippen molar-refractivity contribution in [1.29, 1.82) is 0 Å². The summed E-state index contributed by atoms with van der Waals surface area (Å²) in [5.41, 5.74) is -0.636. The zero-order valence-electron chi connectivity index (χ0n) is 21.1. The van der Waals surface area contributed by atoms with Crippen molar-refractivity contribution in [2.45, 2.75) is 18.0 Å². The highest BCUT2D eigenvalue weighted by Crippen LogP contribution is 2.51. The zero-order valence-corrected chi connectivity index (χ0v) is 21.1. The van der Waals surface area contributed by atoms with Crippen LogP contribution in [0, 0.1) is 5.92 Å². The van der Waals surface area contributed by atoms with Gasteiger partial charge in [-0.15, -0.1) is 0 Å². The summed E-state index contributed by atoms with van der Waals surface area (Å²) in [5.74, 6) is 2.17. The van der Waals surface area contributed by atoms with E-state index in [0.717, 1.165) is 5.56 Å². The molecule has 2 aromatic carbocycles. The average molecular weight is 507 g/mol. The third-order valence-corrected chi connectivity index (χ3v) is 6.38. The Balaban J connectivity index is 1.49. The molecule has 36 heavy (non-hydrogen) atoms. The van der Waals surface area contributed by atoms with E-state index in [1.807, 2.05) is 18.2 Å². The van der Waals surface area contributed by atoms with Crippen LogP contribution < -0.4 is 23.7 Å². The number of fused-ring (bicyclic) bond motifs is 1. The molecule has 0 radical (unpaired) electrons. The average Bonchev–Trinajstić information content (AvgIpc) is 3.40. The van der Waals surface area contributed by atoms with Gasteiger partial charge in [0.1, 0.15) is 18.1 Å². The SMILES string of the molecule is COCCOCCOc1ccc(OC)c([C@H]2OC[C@]3(O)[C@@H](Oc4c(OC)cccc4OC)OC[C@H]23)c1. The highest BCUT2D eigenvalue weighted by molar-refractivity contribution is 5.51. The summed E-state index contributed by atoms with van der Waals surface area (Å²) in [7, 11) is 6.30. The van der Waals surface area contributed by atoms with Crippen LogP contribution in [0.5, 0.6) is 28.7 Å². The minimum atomic E-state index is -1.40. The Labute approximate surface area is 210 Å². The molecule has 2 saturated heterocycles. The molecule has 10 heteroatoms. The molecule has 198 valence electrons. The lowest BCUT2D eigenvalue weighted by molar-refractivity contribution is -0.153. The molecule has 4 atom stereocenters. The molecule has 10 nitrogen and oxygen atoms in total. The summed E-state index contributed by atoms with van der Waals surface area (Å²) in [6.45, 7) is 2.11. The first-order valence-corrected chi connectivity index (χ1v) is 11.8. The minimum Gasteiger partial charge on any atom is -0.496 e. The number of rotatable bonds is 13. The fourth-order valence-electron chi connectivity index (χ4n) is 4.49. The Morgan fingerprint density at radius 2 is 1.61 bits per heavy atom. The second-order valence-corrected chi connectivity index (χ2v) is 8.46. The topological polar surface area (TPSA) is 103 Å². The Morgan fingerprint density at radius 3 is 2.31 bits per heavy atom. The van der Waals surface area contributed by atoms with Crippen molar-refractivity contribution in [1.82, 2.24) is 0 Å². The third kappa shape index (κ3) is 5.33. The van der Waals surface area contributed by atoms with Crippen molar-refractivity contribution in [3.63, 3.8) is 0 Å². The normalized spacial score (nSPS) is 24.9. The fraction of sp³-hybridized carbons (Fsp3) is 0.538. The molecular formula is C26H34O10. The van der Waals surface area contributed by atoms with Gasteiger partial charge in [0.05, 0.1) is 66.4 Å². The third-order valence-electron chi connectivity index (χ3n) is 6.38. The molecule has 2 aliphatic heterocycles. The number of hydrogen-bond donors (Lipinski definition) is 1. The van der Waals surface area contributed by atoms with Crippen LogP contribution >= 0.6 is 0 Å². The van der Waals surface area contributed by atoms with E-state index in [0.29, 0.717) is 55.2 Å². The van der Waals surface area contributed by atoms with Gasteiger partial charge >= 0.3 is 0 Å². The second kappa shape index (κ2) is 12.0. The molecule has 0 spiro atoms. The molecule has 2 fully saturated rings. The van der Waals surface area contributed by atoms with Crippen molar-refractivity contribution in [2.75, 3.05) is 68.1 Å². The molecule has 0 bridgehead atoms.